The summed E-state index contributed by atoms with van der Waals surface area (Å²) in [5.41, 5.74) is 0. The van der Waals surface area contributed by atoms with Crippen molar-refractivity contribution in [2.45, 2.75) is 12.8 Å². The van der Waals surface area contributed by atoms with Crippen molar-refractivity contribution in [3.8, 4) is 5.75 Å². The van der Waals surface area contributed by atoms with E-state index in [4.69, 9.17) is 9.47 Å². The lowest BCUT2D eigenvalue weighted by molar-refractivity contribution is 0.115. The molecule has 0 amide bonds. The van der Waals surface area contributed by atoms with Crippen LogP contribution in [0.25, 0.3) is 0 Å². The smallest absolute Gasteiger partial charge is 0.193 e. The molecule has 1 fully saturated rings. The van der Waals surface area contributed by atoms with Crippen molar-refractivity contribution in [2.24, 2.45) is 10.9 Å². The van der Waals surface area contributed by atoms with Crippen LogP contribution in [0.15, 0.2) is 29.3 Å². The molecule has 2 rings (SSSR count). The maximum atomic E-state index is 13.0. The van der Waals surface area contributed by atoms with Crippen LogP contribution in [0.4, 0.5) is 4.39 Å². The Morgan fingerprint density at radius 3 is 2.83 bits per heavy atom. The number of halogens is 2. The summed E-state index contributed by atoms with van der Waals surface area (Å²) < 4.78 is 24.2. The average Bonchev–Trinajstić information content (AvgIpc) is 3.36. The zero-order valence-corrected chi connectivity index (χ0v) is 16.7. The molecule has 0 spiro atoms. The molecule has 0 saturated heterocycles. The Hall–Kier alpha value is -1.09. The van der Waals surface area contributed by atoms with E-state index in [1.165, 1.54) is 25.0 Å². The van der Waals surface area contributed by atoms with E-state index in [-0.39, 0.29) is 29.8 Å². The van der Waals surface area contributed by atoms with Gasteiger partial charge in [0.1, 0.15) is 18.2 Å². The van der Waals surface area contributed by atoms with Gasteiger partial charge in [-0.15, -0.1) is 24.0 Å². The highest BCUT2D eigenvalue weighted by atomic mass is 127. The zero-order valence-electron chi connectivity index (χ0n) is 14.3. The van der Waals surface area contributed by atoms with E-state index >= 15 is 0 Å². The maximum Gasteiger partial charge on any atom is 0.193 e. The molecular formula is C17H27FIN3O2. The molecule has 0 unspecified atom stereocenters. The maximum absolute atomic E-state index is 13.0. The summed E-state index contributed by atoms with van der Waals surface area (Å²) in [6.07, 6.45) is 2.62. The van der Waals surface area contributed by atoms with Crippen LogP contribution in [0.5, 0.6) is 5.75 Å². The molecule has 1 aromatic rings. The fourth-order valence-corrected chi connectivity index (χ4v) is 2.12. The third-order valence-corrected chi connectivity index (χ3v) is 3.64. The molecule has 0 aliphatic heterocycles. The Bertz CT molecular complexity index is 512. The van der Waals surface area contributed by atoms with Crippen LogP contribution >= 0.6 is 24.0 Å². The number of guanidine groups is 1. The van der Waals surface area contributed by atoms with E-state index in [9.17, 15) is 4.39 Å². The number of nitrogens with one attached hydrogen (secondary N) is 1. The molecule has 0 radical (unpaired) electrons. The molecule has 7 heteroatoms. The van der Waals surface area contributed by atoms with Gasteiger partial charge >= 0.3 is 0 Å². The van der Waals surface area contributed by atoms with Gasteiger partial charge in [-0.05, 0) is 30.9 Å². The lowest BCUT2D eigenvalue weighted by Crippen LogP contribution is -2.42. The number of benzene rings is 1. The Balaban J connectivity index is 0.00000288. The summed E-state index contributed by atoms with van der Waals surface area (Å²) in [7, 11) is 3.72. The lowest BCUT2D eigenvalue weighted by atomic mass is 10.3. The Morgan fingerprint density at radius 1 is 1.38 bits per heavy atom. The van der Waals surface area contributed by atoms with Gasteiger partial charge in [0.25, 0.3) is 0 Å². The van der Waals surface area contributed by atoms with Crippen molar-refractivity contribution in [3.05, 3.63) is 30.1 Å². The van der Waals surface area contributed by atoms with E-state index in [1.807, 2.05) is 11.9 Å². The second-order valence-corrected chi connectivity index (χ2v) is 5.72. The largest absolute Gasteiger partial charge is 0.492 e. The predicted octanol–water partition coefficient (Wildman–Crippen LogP) is 2.76. The number of likely N-dealkylation sites (N-methyl/N-ethyl adjacent to an activating group) is 1. The van der Waals surface area contributed by atoms with Crippen LogP contribution < -0.4 is 10.1 Å². The summed E-state index contributed by atoms with van der Waals surface area (Å²) in [5, 5.41) is 3.22. The first-order chi connectivity index (χ1) is 11.2. The standard InChI is InChI=1S/C17H26FN3O2.HI/c1-19-17(21(2)9-11-22-13-14-6-7-14)20-8-10-23-16-5-3-4-15(18)12-16;/h3-5,12,14H,6-11,13H2,1-2H3,(H,19,20);1H. The SMILES string of the molecule is CN=C(NCCOc1cccc(F)c1)N(C)CCOCC1CC1.I. The fraction of sp³-hybridized carbons (Fsp3) is 0.588. The second-order valence-electron chi connectivity index (χ2n) is 5.72. The number of nitrogens with zero attached hydrogens (tertiary/aromatic N) is 2. The lowest BCUT2D eigenvalue weighted by Gasteiger charge is -2.22. The van der Waals surface area contributed by atoms with Crippen LogP contribution in [0, 0.1) is 11.7 Å². The molecule has 0 bridgehead atoms. The monoisotopic (exact) mass is 451 g/mol. The number of aliphatic imine (C=N–C) groups is 1. The molecule has 0 atom stereocenters. The summed E-state index contributed by atoms with van der Waals surface area (Å²) in [5.74, 6) is 1.82. The summed E-state index contributed by atoms with van der Waals surface area (Å²) in [6, 6.07) is 6.14. The van der Waals surface area contributed by atoms with Gasteiger partial charge < -0.3 is 19.7 Å². The predicted molar refractivity (Wildman–Crippen MR) is 105 cm³/mol. The van der Waals surface area contributed by atoms with Crippen LogP contribution in [0.1, 0.15) is 12.8 Å². The third kappa shape index (κ3) is 8.14. The topological polar surface area (TPSA) is 46.1 Å². The van der Waals surface area contributed by atoms with E-state index in [0.717, 1.165) is 25.0 Å². The molecule has 1 saturated carbocycles. The van der Waals surface area contributed by atoms with Gasteiger partial charge in [-0.3, -0.25) is 4.99 Å². The van der Waals surface area contributed by atoms with Crippen LogP contribution in [0.2, 0.25) is 0 Å². The minimum Gasteiger partial charge on any atom is -0.492 e. The number of rotatable bonds is 9. The van der Waals surface area contributed by atoms with Gasteiger partial charge in [0.05, 0.1) is 13.2 Å². The van der Waals surface area contributed by atoms with E-state index in [0.29, 0.717) is 25.5 Å². The minimum absolute atomic E-state index is 0. The molecule has 5 nitrogen and oxygen atoms in total. The Morgan fingerprint density at radius 2 is 2.17 bits per heavy atom. The van der Waals surface area contributed by atoms with Gasteiger partial charge in [0.15, 0.2) is 5.96 Å². The molecule has 1 aromatic carbocycles. The third-order valence-electron chi connectivity index (χ3n) is 3.64. The van der Waals surface area contributed by atoms with Crippen LogP contribution in [-0.2, 0) is 4.74 Å². The van der Waals surface area contributed by atoms with Gasteiger partial charge in [0, 0.05) is 33.3 Å². The van der Waals surface area contributed by atoms with Crippen molar-refractivity contribution in [1.29, 1.82) is 0 Å². The molecular weight excluding hydrogens is 424 g/mol. The first kappa shape index (κ1) is 21.0. The number of hydrogen-bond acceptors (Lipinski definition) is 3. The van der Waals surface area contributed by atoms with Crippen LogP contribution in [-0.4, -0.2) is 57.9 Å². The summed E-state index contributed by atoms with van der Waals surface area (Å²) in [4.78, 5) is 6.26. The first-order valence-electron chi connectivity index (χ1n) is 8.07. The highest BCUT2D eigenvalue weighted by molar-refractivity contribution is 14.0. The van der Waals surface area contributed by atoms with Gasteiger partial charge in [-0.2, -0.15) is 0 Å². The molecule has 0 aromatic heterocycles. The zero-order chi connectivity index (χ0) is 16.5. The van der Waals surface area contributed by atoms with Crippen molar-refractivity contribution < 1.29 is 13.9 Å². The van der Waals surface area contributed by atoms with E-state index in [2.05, 4.69) is 10.3 Å². The molecule has 0 heterocycles. The van der Waals surface area contributed by atoms with Crippen molar-refractivity contribution >= 4 is 29.9 Å². The van der Waals surface area contributed by atoms with Gasteiger partial charge in [-0.25, -0.2) is 4.39 Å². The number of hydrogen-bond donors (Lipinski definition) is 1. The van der Waals surface area contributed by atoms with Crippen molar-refractivity contribution in [1.82, 2.24) is 10.2 Å². The van der Waals surface area contributed by atoms with Crippen molar-refractivity contribution in [3.63, 3.8) is 0 Å². The number of ether oxygens (including phenoxy) is 2. The molecule has 1 N–H and O–H groups in total. The van der Waals surface area contributed by atoms with Gasteiger partial charge in [-0.1, -0.05) is 6.07 Å². The summed E-state index contributed by atoms with van der Waals surface area (Å²) >= 11 is 0. The van der Waals surface area contributed by atoms with E-state index in [1.54, 1.807) is 19.2 Å². The average molecular weight is 451 g/mol. The molecule has 1 aliphatic rings. The molecule has 24 heavy (non-hydrogen) atoms. The molecule has 136 valence electrons. The summed E-state index contributed by atoms with van der Waals surface area (Å²) in [6.45, 7) is 3.40. The van der Waals surface area contributed by atoms with Crippen LogP contribution in [0.3, 0.4) is 0 Å². The highest BCUT2D eigenvalue weighted by Gasteiger charge is 2.21. The fourth-order valence-electron chi connectivity index (χ4n) is 2.12. The van der Waals surface area contributed by atoms with E-state index < -0.39 is 0 Å². The normalized spacial score (nSPS) is 14.0. The first-order valence-corrected chi connectivity index (χ1v) is 8.07. The minimum atomic E-state index is -0.294. The Kier molecular flexibility index (Phi) is 10.0. The molecule has 1 aliphatic carbocycles. The highest BCUT2D eigenvalue weighted by Crippen LogP contribution is 2.28. The van der Waals surface area contributed by atoms with Gasteiger partial charge in [0.2, 0.25) is 0 Å². The second kappa shape index (κ2) is 11.5. The Labute approximate surface area is 160 Å². The van der Waals surface area contributed by atoms with Crippen molar-refractivity contribution in [2.75, 3.05) is 47.0 Å². The quantitative estimate of drug-likeness (QED) is 0.272.